The van der Waals surface area contributed by atoms with Crippen LogP contribution in [0.1, 0.15) is 5.56 Å². The van der Waals surface area contributed by atoms with Crippen molar-refractivity contribution in [3.8, 4) is 22.6 Å². The van der Waals surface area contributed by atoms with Crippen LogP contribution in [0, 0.1) is 10.1 Å². The van der Waals surface area contributed by atoms with Gasteiger partial charge in [-0.3, -0.25) is 14.9 Å². The molecule has 0 aromatic heterocycles. The number of hydrogen-bond donors (Lipinski definition) is 2. The topological polar surface area (TPSA) is 114 Å². The average molecular weight is 391 g/mol. The second kappa shape index (κ2) is 9.14. The SMILES string of the molecule is O=C(COc1ccccc1-c1ccccc1)NN=Cc1ccc([N+](=O)[O-])c(O)c1. The first-order valence-electron chi connectivity index (χ1n) is 8.61. The largest absolute Gasteiger partial charge is 0.502 e. The molecule has 3 rings (SSSR count). The van der Waals surface area contributed by atoms with E-state index < -0.39 is 22.3 Å². The lowest BCUT2D eigenvalue weighted by Gasteiger charge is -2.10. The summed E-state index contributed by atoms with van der Waals surface area (Å²) in [5.41, 5.74) is 4.13. The lowest BCUT2D eigenvalue weighted by molar-refractivity contribution is -0.385. The Morgan fingerprint density at radius 2 is 1.83 bits per heavy atom. The van der Waals surface area contributed by atoms with Crippen LogP contribution in [0.5, 0.6) is 11.5 Å². The van der Waals surface area contributed by atoms with Crippen LogP contribution in [0.2, 0.25) is 0 Å². The van der Waals surface area contributed by atoms with Crippen molar-refractivity contribution in [1.29, 1.82) is 0 Å². The number of nitro groups is 1. The van der Waals surface area contributed by atoms with Crippen LogP contribution in [0.4, 0.5) is 5.69 Å². The van der Waals surface area contributed by atoms with E-state index in [4.69, 9.17) is 4.74 Å². The zero-order valence-electron chi connectivity index (χ0n) is 15.2. The van der Waals surface area contributed by atoms with Gasteiger partial charge in [-0.05, 0) is 29.3 Å². The number of phenolic OH excluding ortho intramolecular Hbond substituents is 1. The highest BCUT2D eigenvalue weighted by atomic mass is 16.6. The number of amides is 1. The molecule has 8 nitrogen and oxygen atoms in total. The van der Waals surface area contributed by atoms with Gasteiger partial charge in [0.05, 0.1) is 11.1 Å². The van der Waals surface area contributed by atoms with Gasteiger partial charge in [-0.15, -0.1) is 0 Å². The van der Waals surface area contributed by atoms with Crippen LogP contribution >= 0.6 is 0 Å². The molecule has 0 radical (unpaired) electrons. The number of carbonyl (C=O) groups is 1. The van der Waals surface area contributed by atoms with Gasteiger partial charge in [0.2, 0.25) is 0 Å². The molecule has 8 heteroatoms. The smallest absolute Gasteiger partial charge is 0.310 e. The molecule has 0 heterocycles. The van der Waals surface area contributed by atoms with E-state index in [9.17, 15) is 20.0 Å². The first kappa shape index (κ1) is 19.6. The van der Waals surface area contributed by atoms with Gasteiger partial charge in [-0.2, -0.15) is 5.10 Å². The van der Waals surface area contributed by atoms with Crippen LogP contribution in [0.25, 0.3) is 11.1 Å². The summed E-state index contributed by atoms with van der Waals surface area (Å²) in [6.45, 7) is -0.243. The van der Waals surface area contributed by atoms with Crippen LogP contribution in [-0.4, -0.2) is 28.8 Å². The minimum atomic E-state index is -0.692. The molecule has 29 heavy (non-hydrogen) atoms. The molecule has 0 saturated carbocycles. The number of ether oxygens (including phenoxy) is 1. The number of aromatic hydroxyl groups is 1. The van der Waals surface area contributed by atoms with Crippen LogP contribution in [0.15, 0.2) is 77.9 Å². The zero-order chi connectivity index (χ0) is 20.6. The second-order valence-corrected chi connectivity index (χ2v) is 5.95. The van der Waals surface area contributed by atoms with Crippen molar-refractivity contribution in [3.05, 3.63) is 88.5 Å². The van der Waals surface area contributed by atoms with Crippen molar-refractivity contribution in [3.63, 3.8) is 0 Å². The Morgan fingerprint density at radius 3 is 2.55 bits per heavy atom. The van der Waals surface area contributed by atoms with Crippen LogP contribution in [0.3, 0.4) is 0 Å². The Morgan fingerprint density at radius 1 is 1.10 bits per heavy atom. The molecule has 0 aliphatic rings. The summed E-state index contributed by atoms with van der Waals surface area (Å²) < 4.78 is 5.62. The van der Waals surface area contributed by atoms with Gasteiger partial charge in [0.15, 0.2) is 12.4 Å². The number of nitrogens with one attached hydrogen (secondary N) is 1. The molecular formula is C21H17N3O5. The van der Waals surface area contributed by atoms with Gasteiger partial charge in [0.1, 0.15) is 5.75 Å². The van der Waals surface area contributed by atoms with E-state index in [0.29, 0.717) is 11.3 Å². The van der Waals surface area contributed by atoms with E-state index in [-0.39, 0.29) is 6.61 Å². The van der Waals surface area contributed by atoms with Crippen molar-refractivity contribution in [2.24, 2.45) is 5.10 Å². The predicted octanol–water partition coefficient (Wildman–Crippen LogP) is 3.50. The fourth-order valence-corrected chi connectivity index (χ4v) is 2.58. The van der Waals surface area contributed by atoms with Gasteiger partial charge in [-0.25, -0.2) is 5.43 Å². The van der Waals surface area contributed by atoms with E-state index in [1.807, 2.05) is 48.5 Å². The highest BCUT2D eigenvalue weighted by molar-refractivity contribution is 5.84. The first-order valence-corrected chi connectivity index (χ1v) is 8.61. The normalized spacial score (nSPS) is 10.6. The molecule has 3 aromatic carbocycles. The molecule has 2 N–H and O–H groups in total. The molecule has 0 saturated heterocycles. The number of benzene rings is 3. The molecule has 0 atom stereocenters. The quantitative estimate of drug-likeness (QED) is 0.363. The number of hydrogen-bond acceptors (Lipinski definition) is 6. The third-order valence-corrected chi connectivity index (χ3v) is 3.93. The number of carbonyl (C=O) groups excluding carboxylic acids is 1. The number of para-hydroxylation sites is 1. The van der Waals surface area contributed by atoms with Gasteiger partial charge in [0, 0.05) is 11.6 Å². The standard InChI is InChI=1S/C21H17N3O5/c25-19-12-15(10-11-18(19)24(27)28)13-22-23-21(26)14-29-20-9-5-4-8-17(20)16-6-2-1-3-7-16/h1-13,25H,14H2,(H,23,26). The monoisotopic (exact) mass is 391 g/mol. The first-order chi connectivity index (χ1) is 14.0. The molecule has 0 aliphatic heterocycles. The number of rotatable bonds is 7. The fraction of sp³-hybridized carbons (Fsp3) is 0.0476. The minimum Gasteiger partial charge on any atom is -0.502 e. The summed E-state index contributed by atoms with van der Waals surface area (Å²) in [5.74, 6) is -0.389. The van der Waals surface area contributed by atoms with Crippen LogP contribution in [-0.2, 0) is 4.79 Å². The summed E-state index contributed by atoms with van der Waals surface area (Å²) >= 11 is 0. The molecule has 0 fully saturated rings. The van der Waals surface area contributed by atoms with Crippen molar-refractivity contribution >= 4 is 17.8 Å². The summed E-state index contributed by atoms with van der Waals surface area (Å²) in [6.07, 6.45) is 1.26. The Labute approximate surface area is 166 Å². The second-order valence-electron chi connectivity index (χ2n) is 5.95. The summed E-state index contributed by atoms with van der Waals surface area (Å²) in [6, 6.07) is 20.8. The lowest BCUT2D eigenvalue weighted by atomic mass is 10.1. The van der Waals surface area contributed by atoms with Gasteiger partial charge in [-0.1, -0.05) is 48.5 Å². The molecular weight excluding hydrogens is 374 g/mol. The highest BCUT2D eigenvalue weighted by Gasteiger charge is 2.12. The van der Waals surface area contributed by atoms with E-state index in [0.717, 1.165) is 17.2 Å². The number of nitro benzene ring substituents is 1. The molecule has 0 aliphatic carbocycles. The van der Waals surface area contributed by atoms with E-state index in [1.165, 1.54) is 18.3 Å². The molecule has 0 bridgehead atoms. The molecule has 3 aromatic rings. The van der Waals surface area contributed by atoms with Crippen molar-refractivity contribution < 1.29 is 19.6 Å². The fourth-order valence-electron chi connectivity index (χ4n) is 2.58. The summed E-state index contributed by atoms with van der Waals surface area (Å²) in [7, 11) is 0. The molecule has 0 unspecified atom stereocenters. The Bertz CT molecular complexity index is 1050. The molecule has 1 amide bonds. The number of hydrazone groups is 1. The van der Waals surface area contributed by atoms with E-state index in [1.54, 1.807) is 6.07 Å². The Kier molecular flexibility index (Phi) is 6.16. The van der Waals surface area contributed by atoms with Gasteiger partial charge < -0.3 is 9.84 Å². The van der Waals surface area contributed by atoms with Gasteiger partial charge in [0.25, 0.3) is 5.91 Å². The molecule has 146 valence electrons. The Balaban J connectivity index is 1.58. The molecule has 0 spiro atoms. The highest BCUT2D eigenvalue weighted by Crippen LogP contribution is 2.29. The lowest BCUT2D eigenvalue weighted by Crippen LogP contribution is -2.24. The predicted molar refractivity (Wildman–Crippen MR) is 108 cm³/mol. The number of nitrogens with zero attached hydrogens (tertiary/aromatic N) is 2. The third-order valence-electron chi connectivity index (χ3n) is 3.93. The maximum Gasteiger partial charge on any atom is 0.310 e. The van der Waals surface area contributed by atoms with Gasteiger partial charge >= 0.3 is 5.69 Å². The minimum absolute atomic E-state index is 0.243. The van der Waals surface area contributed by atoms with Crippen molar-refractivity contribution in [2.75, 3.05) is 6.61 Å². The van der Waals surface area contributed by atoms with E-state index in [2.05, 4.69) is 10.5 Å². The number of phenols is 1. The van der Waals surface area contributed by atoms with Crippen molar-refractivity contribution in [2.45, 2.75) is 0 Å². The maximum atomic E-state index is 12.0. The third kappa shape index (κ3) is 5.16. The van der Waals surface area contributed by atoms with E-state index >= 15 is 0 Å². The maximum absolute atomic E-state index is 12.0. The summed E-state index contributed by atoms with van der Waals surface area (Å²) in [5, 5.41) is 24.0. The van der Waals surface area contributed by atoms with Crippen LogP contribution < -0.4 is 10.2 Å². The average Bonchev–Trinajstić information content (AvgIpc) is 2.73. The van der Waals surface area contributed by atoms with Crippen molar-refractivity contribution in [1.82, 2.24) is 5.43 Å². The zero-order valence-corrected chi connectivity index (χ0v) is 15.2. The Hall–Kier alpha value is -4.20. The summed E-state index contributed by atoms with van der Waals surface area (Å²) in [4.78, 5) is 22.0.